The van der Waals surface area contributed by atoms with Crippen LogP contribution in [0.15, 0.2) is 78.9 Å². The van der Waals surface area contributed by atoms with Gasteiger partial charge in [-0.2, -0.15) is 0 Å². The Kier molecular flexibility index (Phi) is 7.72. The number of anilines is 1. The third-order valence-electron chi connectivity index (χ3n) is 6.77. The first-order valence-corrected chi connectivity index (χ1v) is 12.7. The Labute approximate surface area is 220 Å². The predicted molar refractivity (Wildman–Crippen MR) is 141 cm³/mol. The molecule has 8 heteroatoms. The summed E-state index contributed by atoms with van der Waals surface area (Å²) in [6, 6.07) is 22.3. The molecule has 2 heterocycles. The summed E-state index contributed by atoms with van der Waals surface area (Å²) in [5.74, 6) is -1.61. The maximum absolute atomic E-state index is 12.8. The minimum atomic E-state index is -0.666. The van der Waals surface area contributed by atoms with Gasteiger partial charge in [0.05, 0.1) is 29.8 Å². The molecular weight excluding hydrogens is 484 g/mol. The van der Waals surface area contributed by atoms with Gasteiger partial charge in [0.25, 0.3) is 5.91 Å². The number of ketones is 1. The van der Waals surface area contributed by atoms with Crippen molar-refractivity contribution in [3.8, 4) is 11.1 Å². The van der Waals surface area contributed by atoms with Crippen molar-refractivity contribution in [1.82, 2.24) is 5.32 Å². The van der Waals surface area contributed by atoms with Gasteiger partial charge in [-0.15, -0.1) is 0 Å². The Hall–Kier alpha value is -4.14. The first-order valence-electron chi connectivity index (χ1n) is 12.7. The first kappa shape index (κ1) is 25.5. The second kappa shape index (κ2) is 11.5. The van der Waals surface area contributed by atoms with E-state index < -0.39 is 18.6 Å². The van der Waals surface area contributed by atoms with Gasteiger partial charge in [-0.25, -0.2) is 9.69 Å². The lowest BCUT2D eigenvalue weighted by Crippen LogP contribution is -2.41. The standard InChI is InChI=1S/C30H28N2O6/c33-27(22-10-8-21(9-11-22)20-5-2-1-3-6-20)19-38-30(36)23-12-14-24(15-13-23)32-28(34)17-26(29(32)35)31-18-25-7-4-16-37-25/h1-3,5-6,8-15,25-26,31H,4,7,16-19H2. The van der Waals surface area contributed by atoms with Crippen LogP contribution in [-0.4, -0.2) is 55.5 Å². The second-order valence-corrected chi connectivity index (χ2v) is 9.36. The molecule has 0 aromatic heterocycles. The van der Waals surface area contributed by atoms with Crippen LogP contribution in [0.4, 0.5) is 5.69 Å². The number of rotatable bonds is 9. The topological polar surface area (TPSA) is 102 Å². The molecule has 3 aromatic carbocycles. The molecule has 0 bridgehead atoms. The largest absolute Gasteiger partial charge is 0.454 e. The monoisotopic (exact) mass is 512 g/mol. The number of hydrogen-bond donors (Lipinski definition) is 1. The fourth-order valence-electron chi connectivity index (χ4n) is 4.67. The van der Waals surface area contributed by atoms with Crippen LogP contribution in [0.25, 0.3) is 11.1 Å². The Balaban J connectivity index is 1.14. The fraction of sp³-hybridized carbons (Fsp3) is 0.267. The molecule has 2 amide bonds. The number of ether oxygens (including phenoxy) is 2. The van der Waals surface area contributed by atoms with Crippen LogP contribution >= 0.6 is 0 Å². The van der Waals surface area contributed by atoms with Gasteiger partial charge in [-0.05, 0) is 48.2 Å². The molecule has 194 valence electrons. The number of esters is 1. The van der Waals surface area contributed by atoms with E-state index in [-0.39, 0.29) is 35.7 Å². The second-order valence-electron chi connectivity index (χ2n) is 9.36. The quantitative estimate of drug-likeness (QED) is 0.264. The van der Waals surface area contributed by atoms with Crippen LogP contribution in [0.1, 0.15) is 40.0 Å². The van der Waals surface area contributed by atoms with Gasteiger partial charge in [0.1, 0.15) is 0 Å². The number of nitrogens with one attached hydrogen (secondary N) is 1. The normalized spacial score (nSPS) is 19.1. The Morgan fingerprint density at radius 2 is 1.58 bits per heavy atom. The number of benzene rings is 3. The highest BCUT2D eigenvalue weighted by Gasteiger charge is 2.39. The summed E-state index contributed by atoms with van der Waals surface area (Å²) in [6.45, 7) is 0.853. The molecule has 0 saturated carbocycles. The van der Waals surface area contributed by atoms with Crippen LogP contribution in [0.5, 0.6) is 0 Å². The summed E-state index contributed by atoms with van der Waals surface area (Å²) in [6.07, 6.45) is 2.08. The van der Waals surface area contributed by atoms with E-state index in [0.29, 0.717) is 17.8 Å². The van der Waals surface area contributed by atoms with Gasteiger partial charge in [0, 0.05) is 18.7 Å². The van der Waals surface area contributed by atoms with Crippen LogP contribution < -0.4 is 10.2 Å². The average Bonchev–Trinajstić information content (AvgIpc) is 3.58. The minimum Gasteiger partial charge on any atom is -0.454 e. The lowest BCUT2D eigenvalue weighted by Gasteiger charge is -2.17. The van der Waals surface area contributed by atoms with Crippen molar-refractivity contribution in [2.24, 2.45) is 0 Å². The van der Waals surface area contributed by atoms with Crippen LogP contribution in [-0.2, 0) is 19.1 Å². The molecule has 2 aliphatic heterocycles. The van der Waals surface area contributed by atoms with Crippen molar-refractivity contribution in [2.75, 3.05) is 24.7 Å². The minimum absolute atomic E-state index is 0.0674. The van der Waals surface area contributed by atoms with E-state index in [1.165, 1.54) is 24.3 Å². The number of imide groups is 1. The molecule has 2 unspecified atom stereocenters. The Bertz CT molecular complexity index is 1320. The maximum atomic E-state index is 12.8. The van der Waals surface area contributed by atoms with Gasteiger partial charge in [0.15, 0.2) is 12.4 Å². The summed E-state index contributed by atoms with van der Waals surface area (Å²) < 4.78 is 10.8. The van der Waals surface area contributed by atoms with Crippen LogP contribution in [0, 0.1) is 0 Å². The van der Waals surface area contributed by atoms with Crippen molar-refractivity contribution < 1.29 is 28.7 Å². The van der Waals surface area contributed by atoms with Crippen molar-refractivity contribution in [2.45, 2.75) is 31.4 Å². The molecule has 5 rings (SSSR count). The summed E-state index contributed by atoms with van der Waals surface area (Å²) in [7, 11) is 0. The third kappa shape index (κ3) is 5.72. The SMILES string of the molecule is O=C(COC(=O)c1ccc(N2C(=O)CC(NCC3CCCO3)C2=O)cc1)c1ccc(-c2ccccc2)cc1. The van der Waals surface area contributed by atoms with Crippen molar-refractivity contribution in [1.29, 1.82) is 0 Å². The number of amides is 2. The Morgan fingerprint density at radius 3 is 2.26 bits per heavy atom. The molecule has 38 heavy (non-hydrogen) atoms. The molecule has 0 aliphatic carbocycles. The highest BCUT2D eigenvalue weighted by Crippen LogP contribution is 2.24. The molecule has 8 nitrogen and oxygen atoms in total. The smallest absolute Gasteiger partial charge is 0.338 e. The van der Waals surface area contributed by atoms with Crippen molar-refractivity contribution in [3.05, 3.63) is 90.0 Å². The molecular formula is C30H28N2O6. The van der Waals surface area contributed by atoms with Gasteiger partial charge < -0.3 is 14.8 Å². The summed E-state index contributed by atoms with van der Waals surface area (Å²) >= 11 is 0. The number of carbonyl (C=O) groups excluding carboxylic acids is 4. The van der Waals surface area contributed by atoms with E-state index in [9.17, 15) is 19.2 Å². The molecule has 0 radical (unpaired) electrons. The van der Waals surface area contributed by atoms with Gasteiger partial charge in [-0.3, -0.25) is 14.4 Å². The molecule has 2 fully saturated rings. The van der Waals surface area contributed by atoms with Crippen LogP contribution in [0.2, 0.25) is 0 Å². The number of Topliss-reactive ketones (excluding diaryl/α,β-unsaturated/α-hetero) is 1. The zero-order valence-corrected chi connectivity index (χ0v) is 20.8. The average molecular weight is 513 g/mol. The van der Waals surface area contributed by atoms with Crippen molar-refractivity contribution >= 4 is 29.3 Å². The highest BCUT2D eigenvalue weighted by atomic mass is 16.5. The summed E-state index contributed by atoms with van der Waals surface area (Å²) in [4.78, 5) is 51.5. The van der Waals surface area contributed by atoms with E-state index in [1.54, 1.807) is 12.1 Å². The molecule has 2 atom stereocenters. The van der Waals surface area contributed by atoms with E-state index in [1.807, 2.05) is 42.5 Å². The van der Waals surface area contributed by atoms with E-state index in [2.05, 4.69) is 5.32 Å². The summed E-state index contributed by atoms with van der Waals surface area (Å²) in [5, 5.41) is 3.14. The van der Waals surface area contributed by atoms with E-state index in [4.69, 9.17) is 9.47 Å². The lowest BCUT2D eigenvalue weighted by atomic mass is 10.0. The van der Waals surface area contributed by atoms with E-state index in [0.717, 1.165) is 35.5 Å². The molecule has 1 N–H and O–H groups in total. The fourth-order valence-corrected chi connectivity index (χ4v) is 4.67. The molecule has 0 spiro atoms. The zero-order valence-electron chi connectivity index (χ0n) is 20.8. The zero-order chi connectivity index (χ0) is 26.5. The third-order valence-corrected chi connectivity index (χ3v) is 6.77. The molecule has 2 aliphatic rings. The summed E-state index contributed by atoms with van der Waals surface area (Å²) in [5.41, 5.74) is 3.07. The Morgan fingerprint density at radius 1 is 0.895 bits per heavy atom. The van der Waals surface area contributed by atoms with Gasteiger partial charge >= 0.3 is 5.97 Å². The van der Waals surface area contributed by atoms with Gasteiger partial charge in [0.2, 0.25) is 5.91 Å². The molecule has 3 aromatic rings. The van der Waals surface area contributed by atoms with Crippen LogP contribution in [0.3, 0.4) is 0 Å². The maximum Gasteiger partial charge on any atom is 0.338 e. The molecule has 2 saturated heterocycles. The van der Waals surface area contributed by atoms with E-state index >= 15 is 0 Å². The first-order chi connectivity index (χ1) is 18.5. The number of hydrogen-bond acceptors (Lipinski definition) is 7. The predicted octanol–water partition coefficient (Wildman–Crippen LogP) is 3.79. The lowest BCUT2D eigenvalue weighted by molar-refractivity contribution is -0.121. The van der Waals surface area contributed by atoms with Crippen molar-refractivity contribution in [3.63, 3.8) is 0 Å². The highest BCUT2D eigenvalue weighted by molar-refractivity contribution is 6.22. The number of nitrogens with zero attached hydrogens (tertiary/aromatic N) is 1. The van der Waals surface area contributed by atoms with Gasteiger partial charge in [-0.1, -0.05) is 54.6 Å². The number of carbonyl (C=O) groups is 4.